The molecule has 86 heavy (non-hydrogen) atoms. The number of carbonyl (C=O) groups is 4. The number of pyridine rings is 2. The van der Waals surface area contributed by atoms with Crippen molar-refractivity contribution >= 4 is 69.3 Å². The summed E-state index contributed by atoms with van der Waals surface area (Å²) in [7, 11) is 1.93. The molecule has 17 nitrogen and oxygen atoms in total. The number of benzene rings is 3. The predicted octanol–water partition coefficient (Wildman–Crippen LogP) is 10.7. The number of urea groups is 1. The first-order valence-electron chi connectivity index (χ1n) is 30.4. The van der Waals surface area contributed by atoms with E-state index in [0.29, 0.717) is 129 Å². The van der Waals surface area contributed by atoms with Gasteiger partial charge in [-0.25, -0.2) is 14.8 Å². The lowest BCUT2D eigenvalue weighted by Crippen LogP contribution is -2.61. The Morgan fingerprint density at radius 1 is 0.802 bits per heavy atom. The van der Waals surface area contributed by atoms with Crippen molar-refractivity contribution in [3.8, 4) is 5.75 Å². The highest BCUT2D eigenvalue weighted by Gasteiger charge is 2.60. The Kier molecular flexibility index (Phi) is 18.6. The molecule has 3 aromatic carbocycles. The van der Waals surface area contributed by atoms with Crippen LogP contribution in [0, 0.1) is 6.92 Å². The van der Waals surface area contributed by atoms with Gasteiger partial charge in [0.1, 0.15) is 39.9 Å². The lowest BCUT2D eigenvalue weighted by molar-refractivity contribution is -0.132. The number of likely N-dealkylation sites (N-methyl/N-ethyl adjacent to an activating group) is 1. The van der Waals surface area contributed by atoms with Gasteiger partial charge in [-0.1, -0.05) is 87.1 Å². The number of piperazine rings is 2. The number of hydrogen-bond acceptors (Lipinski definition) is 13. The van der Waals surface area contributed by atoms with Crippen molar-refractivity contribution in [2.75, 3.05) is 90.5 Å². The molecule has 6 aromatic rings. The Labute approximate surface area is 515 Å². The van der Waals surface area contributed by atoms with Crippen LogP contribution >= 0.6 is 23.2 Å². The fourth-order valence-corrected chi connectivity index (χ4v) is 13.2. The number of rotatable bonds is 18. The van der Waals surface area contributed by atoms with Crippen LogP contribution in [0.1, 0.15) is 143 Å². The summed E-state index contributed by atoms with van der Waals surface area (Å²) in [5.74, 6) is 1.65. The van der Waals surface area contributed by atoms with Gasteiger partial charge < -0.3 is 19.4 Å². The molecule has 0 N–H and O–H groups in total. The van der Waals surface area contributed by atoms with E-state index in [2.05, 4.69) is 61.5 Å². The summed E-state index contributed by atoms with van der Waals surface area (Å²) < 4.78 is 8.12. The Balaban J connectivity index is 0.714. The van der Waals surface area contributed by atoms with E-state index >= 15 is 4.79 Å². The van der Waals surface area contributed by atoms with Gasteiger partial charge in [-0.3, -0.25) is 48.4 Å². The van der Waals surface area contributed by atoms with Crippen molar-refractivity contribution < 1.29 is 23.9 Å². The standard InChI is InChI=1S/C67H81Cl2N11O6/c1-10-86-57-38-48(65(4,5)6)21-28-55(57)62-73-66(7,46-17-22-49(68)23-18-46)67(8,47-19-24-50(69)25-20-47)80(62)64(85)78-32-30-75(31-33-78)42-54(82)16-13-29-74(9)43-59(83)77-36-34-76(35-37-77)53-27-26-51(70-40-53)39-58-71-41-56-44(2)60(45(3)81)63(84)79(61(56)72-58)52-14-11-12-15-52/h17-28,38,40-41,52H,10-16,29-37,39,42-43H2,1-9H3/t66-,67+/m0/s1. The average Bonchev–Trinajstić information content (AvgIpc) is 1.53. The number of fused-ring (bicyclic) bond motifs is 1. The summed E-state index contributed by atoms with van der Waals surface area (Å²) in [5, 5.41) is 1.90. The predicted molar refractivity (Wildman–Crippen MR) is 339 cm³/mol. The zero-order chi connectivity index (χ0) is 61.2. The molecule has 19 heteroatoms. The summed E-state index contributed by atoms with van der Waals surface area (Å²) in [6.45, 7) is 21.8. The van der Waals surface area contributed by atoms with Gasteiger partial charge in [0.05, 0.1) is 49.1 Å². The van der Waals surface area contributed by atoms with E-state index in [4.69, 9.17) is 42.9 Å². The molecule has 1 saturated carbocycles. The van der Waals surface area contributed by atoms with Crippen molar-refractivity contribution in [2.24, 2.45) is 4.99 Å². The summed E-state index contributed by atoms with van der Waals surface area (Å²) in [6, 6.07) is 25.3. The largest absolute Gasteiger partial charge is 0.493 e. The monoisotopic (exact) mass is 1210 g/mol. The van der Waals surface area contributed by atoms with Gasteiger partial charge in [0.25, 0.3) is 5.56 Å². The van der Waals surface area contributed by atoms with Crippen molar-refractivity contribution in [1.82, 2.24) is 44.0 Å². The number of halogens is 2. The summed E-state index contributed by atoms with van der Waals surface area (Å²) in [5.41, 5.74) is 4.24. The minimum atomic E-state index is -1.06. The number of ketones is 2. The van der Waals surface area contributed by atoms with E-state index in [1.54, 1.807) is 17.7 Å². The van der Waals surface area contributed by atoms with Crippen LogP contribution in [0.2, 0.25) is 10.0 Å². The highest BCUT2D eigenvalue weighted by Crippen LogP contribution is 2.54. The second-order valence-electron chi connectivity index (χ2n) is 25.0. The number of amides is 3. The number of amidine groups is 1. The Morgan fingerprint density at radius 3 is 2.07 bits per heavy atom. The number of aryl methyl sites for hydroxylation is 1. The zero-order valence-corrected chi connectivity index (χ0v) is 52.8. The number of aliphatic imine (C=N–C) groups is 1. The van der Waals surface area contributed by atoms with Gasteiger partial charge in [-0.2, -0.15) is 0 Å². The lowest BCUT2D eigenvalue weighted by atomic mass is 9.71. The van der Waals surface area contributed by atoms with Crippen LogP contribution in [-0.2, 0) is 32.5 Å². The zero-order valence-electron chi connectivity index (χ0n) is 51.3. The third-order valence-corrected chi connectivity index (χ3v) is 18.7. The molecule has 10 rings (SSSR count). The molecule has 0 spiro atoms. The van der Waals surface area contributed by atoms with Crippen LogP contribution in [-0.4, -0.2) is 159 Å². The molecule has 3 aliphatic heterocycles. The normalized spacial score (nSPS) is 19.7. The topological polar surface area (TPSA) is 170 Å². The van der Waals surface area contributed by atoms with Crippen LogP contribution < -0.4 is 15.2 Å². The van der Waals surface area contributed by atoms with Crippen molar-refractivity contribution in [2.45, 2.75) is 123 Å². The number of nitrogens with zero attached hydrogens (tertiary/aromatic N) is 11. The molecule has 1 aliphatic carbocycles. The molecule has 0 radical (unpaired) electrons. The Morgan fingerprint density at radius 2 is 1.45 bits per heavy atom. The first kappa shape index (κ1) is 62.0. The molecular weight excluding hydrogens is 1130 g/mol. The van der Waals surface area contributed by atoms with Crippen LogP contribution in [0.3, 0.4) is 0 Å². The molecule has 6 heterocycles. The number of aromatic nitrogens is 4. The summed E-state index contributed by atoms with van der Waals surface area (Å²) >= 11 is 13.0. The minimum absolute atomic E-state index is 0.00709. The fraction of sp³-hybridized carbons (Fsp3) is 0.478. The fourth-order valence-electron chi connectivity index (χ4n) is 13.0. The third-order valence-electron chi connectivity index (χ3n) is 18.2. The quantitative estimate of drug-likeness (QED) is 0.0748. The molecular formula is C67H81Cl2N11O6. The van der Waals surface area contributed by atoms with Gasteiger partial charge in [-0.15, -0.1) is 0 Å². The minimum Gasteiger partial charge on any atom is -0.493 e. The van der Waals surface area contributed by atoms with Crippen molar-refractivity contribution in [1.29, 1.82) is 0 Å². The summed E-state index contributed by atoms with van der Waals surface area (Å²) in [4.78, 5) is 101. The van der Waals surface area contributed by atoms with Crippen LogP contribution in [0.5, 0.6) is 5.75 Å². The maximum absolute atomic E-state index is 15.6. The van der Waals surface area contributed by atoms with Crippen LogP contribution in [0.25, 0.3) is 11.0 Å². The first-order chi connectivity index (χ1) is 41.1. The smallest absolute Gasteiger partial charge is 0.326 e. The van der Waals surface area contributed by atoms with Crippen molar-refractivity contribution in [3.63, 3.8) is 0 Å². The third kappa shape index (κ3) is 12.7. The van der Waals surface area contributed by atoms with E-state index < -0.39 is 11.1 Å². The van der Waals surface area contributed by atoms with Gasteiger partial charge in [0.15, 0.2) is 5.78 Å². The molecule has 2 atom stereocenters. The number of carbonyl (C=O) groups excluding carboxylic acids is 4. The Bertz CT molecular complexity index is 3590. The lowest BCUT2D eigenvalue weighted by Gasteiger charge is -2.47. The molecule has 0 bridgehead atoms. The highest BCUT2D eigenvalue weighted by molar-refractivity contribution is 6.30. The van der Waals surface area contributed by atoms with E-state index in [1.807, 2.05) is 106 Å². The second kappa shape index (κ2) is 25.7. The number of ether oxygens (including phenoxy) is 1. The highest BCUT2D eigenvalue weighted by atomic mass is 35.5. The van der Waals surface area contributed by atoms with Gasteiger partial charge in [0, 0.05) is 92.1 Å². The SMILES string of the molecule is CCOc1cc(C(C)(C)C)ccc1C1=N[C@@](C)(c2ccc(Cl)cc2)[C@@](C)(c2ccc(Cl)cc2)N1C(=O)N1CCN(CC(=O)CCCN(C)CC(=O)N2CCN(c3ccc(Cc4ncc5c(C)c(C(C)=O)c(=O)n(C6CCCC6)c5n4)nc3)CC2)CC1. The molecule has 4 aliphatic rings. The van der Waals surface area contributed by atoms with Gasteiger partial charge in [0.2, 0.25) is 5.91 Å². The number of hydrogen-bond donors (Lipinski definition) is 0. The molecule has 3 fully saturated rings. The van der Waals surface area contributed by atoms with Gasteiger partial charge in [-0.05, 0) is 144 Å². The number of Topliss-reactive ketones (excluding diaryl/α,β-unsaturated/α-hetero) is 2. The summed E-state index contributed by atoms with van der Waals surface area (Å²) in [6.07, 6.45) is 8.81. The molecule has 3 amide bonds. The molecule has 0 unspecified atom stereocenters. The second-order valence-corrected chi connectivity index (χ2v) is 25.9. The van der Waals surface area contributed by atoms with E-state index in [9.17, 15) is 19.2 Å². The number of anilines is 1. The molecule has 2 saturated heterocycles. The molecule has 454 valence electrons. The average molecular weight is 1210 g/mol. The van der Waals surface area contributed by atoms with Gasteiger partial charge >= 0.3 is 6.03 Å². The first-order valence-corrected chi connectivity index (χ1v) is 31.1. The van der Waals surface area contributed by atoms with Crippen LogP contribution in [0.15, 0.2) is 101 Å². The molecule has 3 aromatic heterocycles. The van der Waals surface area contributed by atoms with E-state index in [1.165, 1.54) is 6.92 Å². The van der Waals surface area contributed by atoms with Crippen LogP contribution in [0.4, 0.5) is 10.5 Å². The maximum Gasteiger partial charge on any atom is 0.326 e. The van der Waals surface area contributed by atoms with E-state index in [0.717, 1.165) is 59.1 Å². The van der Waals surface area contributed by atoms with E-state index in [-0.39, 0.29) is 59.2 Å². The Hall–Kier alpha value is -7.05. The maximum atomic E-state index is 15.6. The van der Waals surface area contributed by atoms with Crippen molar-refractivity contribution in [3.05, 3.63) is 157 Å².